The van der Waals surface area contributed by atoms with E-state index >= 15 is 0 Å². The van der Waals surface area contributed by atoms with Crippen molar-refractivity contribution in [3.63, 3.8) is 0 Å². The van der Waals surface area contributed by atoms with E-state index in [-0.39, 0.29) is 30.6 Å². The number of nitrogens with one attached hydrogen (secondary N) is 1. The first-order valence-corrected chi connectivity index (χ1v) is 11.0. The van der Waals surface area contributed by atoms with Crippen LogP contribution in [0.2, 0.25) is 0 Å². The number of carbonyl (C=O) groups is 2. The minimum atomic E-state index is -0.661. The molecule has 0 radical (unpaired) electrons. The number of amides is 2. The number of rotatable bonds is 10. The molecule has 0 aliphatic rings. The average molecular weight is 433 g/mol. The lowest BCUT2D eigenvalue weighted by Crippen LogP contribution is -2.50. The molecule has 0 heterocycles. The molecular weight excluding hydrogens is 403 g/mol. The predicted molar refractivity (Wildman–Crippen MR) is 124 cm³/mol. The molecule has 0 aliphatic carbocycles. The van der Waals surface area contributed by atoms with Crippen LogP contribution in [0.25, 0.3) is 0 Å². The predicted octanol–water partition coefficient (Wildman–Crippen LogP) is 4.53. The van der Waals surface area contributed by atoms with Crippen LogP contribution in [-0.4, -0.2) is 29.3 Å². The van der Waals surface area contributed by atoms with Gasteiger partial charge in [-0.1, -0.05) is 72.8 Å². The molecule has 4 nitrogen and oxygen atoms in total. The van der Waals surface area contributed by atoms with E-state index in [0.717, 1.165) is 16.7 Å². The Morgan fingerprint density at radius 2 is 1.44 bits per heavy atom. The second-order valence-electron chi connectivity index (χ2n) is 7.73. The molecule has 166 valence electrons. The molecule has 32 heavy (non-hydrogen) atoms. The maximum absolute atomic E-state index is 13.4. The topological polar surface area (TPSA) is 49.4 Å². The molecule has 5 heteroatoms. The summed E-state index contributed by atoms with van der Waals surface area (Å²) in [6.07, 6.45) is 1.29. The van der Waals surface area contributed by atoms with Crippen molar-refractivity contribution < 1.29 is 14.0 Å². The lowest BCUT2D eigenvalue weighted by molar-refractivity contribution is -0.141. The van der Waals surface area contributed by atoms with Crippen LogP contribution in [0, 0.1) is 5.82 Å². The Kier molecular flexibility index (Phi) is 8.55. The Bertz CT molecular complexity index is 991. The molecule has 0 aromatic heterocycles. The summed E-state index contributed by atoms with van der Waals surface area (Å²) in [6, 6.07) is 24.9. The summed E-state index contributed by atoms with van der Waals surface area (Å²) in [7, 11) is 0. The number of hydrogen-bond donors (Lipinski definition) is 1. The van der Waals surface area contributed by atoms with E-state index in [1.807, 2.05) is 67.6 Å². The molecule has 0 bridgehead atoms. The number of hydrogen-bond acceptors (Lipinski definition) is 2. The molecule has 1 unspecified atom stereocenters. The van der Waals surface area contributed by atoms with Gasteiger partial charge in [0.15, 0.2) is 0 Å². The number of nitrogens with zero attached hydrogens (tertiary/aromatic N) is 1. The molecule has 1 atom stereocenters. The van der Waals surface area contributed by atoms with Gasteiger partial charge in [-0.05, 0) is 42.2 Å². The quantitative estimate of drug-likeness (QED) is 0.512. The van der Waals surface area contributed by atoms with E-state index in [4.69, 9.17) is 0 Å². The Morgan fingerprint density at radius 1 is 0.844 bits per heavy atom. The van der Waals surface area contributed by atoms with Gasteiger partial charge in [0.1, 0.15) is 11.9 Å². The highest BCUT2D eigenvalue weighted by atomic mass is 19.1. The minimum Gasteiger partial charge on any atom is -0.355 e. The second kappa shape index (κ2) is 11.8. The molecule has 3 aromatic rings. The molecule has 0 fully saturated rings. The Labute approximate surface area is 189 Å². The van der Waals surface area contributed by atoms with Gasteiger partial charge < -0.3 is 10.2 Å². The zero-order chi connectivity index (χ0) is 22.8. The molecule has 2 amide bonds. The van der Waals surface area contributed by atoms with Gasteiger partial charge in [0.05, 0.1) is 0 Å². The molecule has 3 rings (SSSR count). The third-order valence-corrected chi connectivity index (χ3v) is 5.36. The van der Waals surface area contributed by atoms with Crippen LogP contribution < -0.4 is 5.32 Å². The summed E-state index contributed by atoms with van der Waals surface area (Å²) in [5.41, 5.74) is 2.82. The number of halogens is 1. The van der Waals surface area contributed by atoms with Crippen molar-refractivity contribution in [2.45, 2.75) is 38.8 Å². The number of aryl methyl sites for hydroxylation is 1. The van der Waals surface area contributed by atoms with E-state index in [0.29, 0.717) is 19.4 Å². The SMILES string of the molecule is CCNC(=O)C(Cc1ccccc1)N(Cc1ccc(F)cc1)C(=O)CCc1ccccc1. The van der Waals surface area contributed by atoms with Gasteiger partial charge in [0.2, 0.25) is 11.8 Å². The van der Waals surface area contributed by atoms with Crippen LogP contribution in [-0.2, 0) is 29.0 Å². The third kappa shape index (κ3) is 6.77. The van der Waals surface area contributed by atoms with Crippen LogP contribution in [0.15, 0.2) is 84.9 Å². The van der Waals surface area contributed by atoms with Crippen molar-refractivity contribution in [3.8, 4) is 0 Å². The van der Waals surface area contributed by atoms with Gasteiger partial charge in [0.25, 0.3) is 0 Å². The van der Waals surface area contributed by atoms with Crippen LogP contribution in [0.1, 0.15) is 30.0 Å². The molecule has 0 aliphatic heterocycles. The van der Waals surface area contributed by atoms with Crippen LogP contribution in [0.3, 0.4) is 0 Å². The fourth-order valence-electron chi connectivity index (χ4n) is 3.67. The van der Waals surface area contributed by atoms with E-state index in [1.165, 1.54) is 12.1 Å². The van der Waals surface area contributed by atoms with Crippen molar-refractivity contribution in [1.82, 2.24) is 10.2 Å². The van der Waals surface area contributed by atoms with Crippen molar-refractivity contribution in [3.05, 3.63) is 107 Å². The molecule has 3 aromatic carbocycles. The lowest BCUT2D eigenvalue weighted by atomic mass is 10.0. The fourth-order valence-corrected chi connectivity index (χ4v) is 3.67. The second-order valence-corrected chi connectivity index (χ2v) is 7.73. The largest absolute Gasteiger partial charge is 0.355 e. The van der Waals surface area contributed by atoms with Gasteiger partial charge in [-0.3, -0.25) is 9.59 Å². The zero-order valence-electron chi connectivity index (χ0n) is 18.3. The molecule has 1 N–H and O–H groups in total. The maximum atomic E-state index is 13.4. The monoisotopic (exact) mass is 432 g/mol. The van der Waals surface area contributed by atoms with Crippen molar-refractivity contribution in [2.24, 2.45) is 0 Å². The van der Waals surface area contributed by atoms with E-state index in [1.54, 1.807) is 17.0 Å². The first kappa shape index (κ1) is 23.2. The van der Waals surface area contributed by atoms with E-state index in [9.17, 15) is 14.0 Å². The van der Waals surface area contributed by atoms with Crippen LogP contribution in [0.5, 0.6) is 0 Å². The smallest absolute Gasteiger partial charge is 0.243 e. The van der Waals surface area contributed by atoms with Crippen molar-refractivity contribution >= 4 is 11.8 Å². The first-order chi connectivity index (χ1) is 15.6. The Hall–Kier alpha value is -3.47. The average Bonchev–Trinajstić information content (AvgIpc) is 2.82. The summed E-state index contributed by atoms with van der Waals surface area (Å²) in [4.78, 5) is 28.1. The van der Waals surface area contributed by atoms with Crippen molar-refractivity contribution in [2.75, 3.05) is 6.54 Å². The van der Waals surface area contributed by atoms with Gasteiger partial charge in [0, 0.05) is 25.9 Å². The number of likely N-dealkylation sites (N-methyl/N-ethyl adjacent to an activating group) is 1. The van der Waals surface area contributed by atoms with Crippen molar-refractivity contribution in [1.29, 1.82) is 0 Å². The van der Waals surface area contributed by atoms with E-state index in [2.05, 4.69) is 5.32 Å². The van der Waals surface area contributed by atoms with Gasteiger partial charge in [-0.25, -0.2) is 4.39 Å². The molecular formula is C27H29FN2O2. The Morgan fingerprint density at radius 3 is 2.03 bits per heavy atom. The lowest BCUT2D eigenvalue weighted by Gasteiger charge is -2.31. The third-order valence-electron chi connectivity index (χ3n) is 5.36. The highest BCUT2D eigenvalue weighted by molar-refractivity contribution is 5.88. The van der Waals surface area contributed by atoms with Gasteiger partial charge in [-0.2, -0.15) is 0 Å². The summed E-state index contributed by atoms with van der Waals surface area (Å²) >= 11 is 0. The summed E-state index contributed by atoms with van der Waals surface area (Å²) in [5.74, 6) is -0.628. The normalized spacial score (nSPS) is 11.6. The molecule has 0 spiro atoms. The summed E-state index contributed by atoms with van der Waals surface area (Å²) in [5, 5.41) is 2.88. The van der Waals surface area contributed by atoms with Gasteiger partial charge >= 0.3 is 0 Å². The minimum absolute atomic E-state index is 0.106. The summed E-state index contributed by atoms with van der Waals surface area (Å²) in [6.45, 7) is 2.58. The highest BCUT2D eigenvalue weighted by Gasteiger charge is 2.29. The van der Waals surface area contributed by atoms with E-state index < -0.39 is 6.04 Å². The molecule has 0 saturated carbocycles. The summed E-state index contributed by atoms with van der Waals surface area (Å²) < 4.78 is 13.4. The van der Waals surface area contributed by atoms with Crippen LogP contribution in [0.4, 0.5) is 4.39 Å². The zero-order valence-corrected chi connectivity index (χ0v) is 18.3. The highest BCUT2D eigenvalue weighted by Crippen LogP contribution is 2.17. The first-order valence-electron chi connectivity index (χ1n) is 11.0. The van der Waals surface area contributed by atoms with Crippen LogP contribution >= 0.6 is 0 Å². The fraction of sp³-hybridized carbons (Fsp3) is 0.259. The number of carbonyl (C=O) groups excluding carboxylic acids is 2. The maximum Gasteiger partial charge on any atom is 0.243 e. The standard InChI is InChI=1S/C27H29FN2O2/c1-2-29-27(32)25(19-22-11-7-4-8-12-22)30(20-23-13-16-24(28)17-14-23)26(31)18-15-21-9-5-3-6-10-21/h3-14,16-17,25H,2,15,18-20H2,1H3,(H,29,32). The van der Waals surface area contributed by atoms with Gasteiger partial charge in [-0.15, -0.1) is 0 Å². The number of benzene rings is 3. The molecule has 0 saturated heterocycles. The Balaban J connectivity index is 1.87.